The van der Waals surface area contributed by atoms with Crippen LogP contribution < -0.4 is 10.1 Å². The van der Waals surface area contributed by atoms with Crippen molar-refractivity contribution in [3.8, 4) is 5.75 Å². The van der Waals surface area contributed by atoms with Crippen LogP contribution in [0.5, 0.6) is 5.75 Å². The average Bonchev–Trinajstić information content (AvgIpc) is 2.73. The third-order valence-corrected chi connectivity index (χ3v) is 4.50. The van der Waals surface area contributed by atoms with Gasteiger partial charge in [0.1, 0.15) is 11.4 Å². The van der Waals surface area contributed by atoms with Crippen molar-refractivity contribution < 1.29 is 19.1 Å². The van der Waals surface area contributed by atoms with Crippen molar-refractivity contribution in [2.75, 3.05) is 38.1 Å². The molecule has 2 aliphatic heterocycles. The molecule has 9 heteroatoms. The van der Waals surface area contributed by atoms with Crippen LogP contribution >= 0.6 is 0 Å². The van der Waals surface area contributed by atoms with E-state index in [0.29, 0.717) is 48.9 Å². The van der Waals surface area contributed by atoms with E-state index in [1.807, 2.05) is 0 Å². The molecule has 2 aromatic rings. The molecule has 9 nitrogen and oxygen atoms in total. The molecular weight excluding hydrogens is 350 g/mol. The number of rotatable bonds is 2. The lowest BCUT2D eigenvalue weighted by atomic mass is 10.1. The topological polar surface area (TPSA) is 105 Å². The van der Waals surface area contributed by atoms with E-state index in [1.165, 1.54) is 18.6 Å². The SMILES string of the molecule is O=C1COc2ccc(C(=O)N3CCN(C(=O)c4cnccn4)CC3)cc2N1. The summed E-state index contributed by atoms with van der Waals surface area (Å²) in [5.41, 5.74) is 1.25. The van der Waals surface area contributed by atoms with E-state index in [1.54, 1.807) is 28.0 Å². The van der Waals surface area contributed by atoms with Gasteiger partial charge in [-0.1, -0.05) is 0 Å². The number of nitrogens with one attached hydrogen (secondary N) is 1. The van der Waals surface area contributed by atoms with Crippen molar-refractivity contribution in [1.82, 2.24) is 19.8 Å². The van der Waals surface area contributed by atoms with Gasteiger partial charge in [0.25, 0.3) is 17.7 Å². The molecule has 1 aromatic carbocycles. The first kappa shape index (κ1) is 17.0. The Balaban J connectivity index is 1.41. The maximum atomic E-state index is 12.8. The number of hydrogen-bond donors (Lipinski definition) is 1. The van der Waals surface area contributed by atoms with Gasteiger partial charge in [-0.15, -0.1) is 0 Å². The highest BCUT2D eigenvalue weighted by atomic mass is 16.5. The predicted octanol–water partition coefficient (Wildman–Crippen LogP) is 0.406. The molecular formula is C18H17N5O4. The molecule has 4 rings (SSSR count). The number of amides is 3. The van der Waals surface area contributed by atoms with Gasteiger partial charge < -0.3 is 19.9 Å². The number of piperazine rings is 1. The van der Waals surface area contributed by atoms with E-state index < -0.39 is 0 Å². The Hall–Kier alpha value is -3.49. The van der Waals surface area contributed by atoms with E-state index in [-0.39, 0.29) is 24.3 Å². The number of aromatic nitrogens is 2. The maximum absolute atomic E-state index is 12.8. The van der Waals surface area contributed by atoms with Gasteiger partial charge in [-0.25, -0.2) is 4.98 Å². The fourth-order valence-electron chi connectivity index (χ4n) is 3.08. The number of carbonyl (C=O) groups excluding carboxylic acids is 3. The molecule has 27 heavy (non-hydrogen) atoms. The Kier molecular flexibility index (Phi) is 4.41. The molecule has 1 fully saturated rings. The number of carbonyl (C=O) groups is 3. The van der Waals surface area contributed by atoms with Gasteiger partial charge in [0.15, 0.2) is 6.61 Å². The quantitative estimate of drug-likeness (QED) is 0.824. The fraction of sp³-hybridized carbons (Fsp3) is 0.278. The van der Waals surface area contributed by atoms with Crippen molar-refractivity contribution in [2.24, 2.45) is 0 Å². The number of anilines is 1. The van der Waals surface area contributed by atoms with Gasteiger partial charge in [-0.05, 0) is 18.2 Å². The molecule has 138 valence electrons. The summed E-state index contributed by atoms with van der Waals surface area (Å²) in [5, 5.41) is 2.70. The van der Waals surface area contributed by atoms with Crippen LogP contribution in [0.1, 0.15) is 20.8 Å². The molecule has 0 radical (unpaired) electrons. The van der Waals surface area contributed by atoms with Crippen molar-refractivity contribution in [3.63, 3.8) is 0 Å². The lowest BCUT2D eigenvalue weighted by Gasteiger charge is -2.34. The summed E-state index contributed by atoms with van der Waals surface area (Å²) in [7, 11) is 0. The zero-order valence-corrected chi connectivity index (χ0v) is 14.4. The largest absolute Gasteiger partial charge is 0.482 e. The van der Waals surface area contributed by atoms with Crippen molar-refractivity contribution >= 4 is 23.4 Å². The average molecular weight is 367 g/mol. The highest BCUT2D eigenvalue weighted by Gasteiger charge is 2.27. The molecule has 1 N–H and O–H groups in total. The smallest absolute Gasteiger partial charge is 0.274 e. The minimum absolute atomic E-state index is 0.0257. The van der Waals surface area contributed by atoms with Gasteiger partial charge in [0.2, 0.25) is 0 Å². The molecule has 0 spiro atoms. The van der Waals surface area contributed by atoms with E-state index in [2.05, 4.69) is 15.3 Å². The van der Waals surface area contributed by atoms with Gasteiger partial charge in [0.05, 0.1) is 11.9 Å². The first-order chi connectivity index (χ1) is 13.1. The van der Waals surface area contributed by atoms with E-state index >= 15 is 0 Å². The molecule has 2 aliphatic rings. The van der Waals surface area contributed by atoms with Gasteiger partial charge >= 0.3 is 0 Å². The van der Waals surface area contributed by atoms with Gasteiger partial charge in [0, 0.05) is 44.1 Å². The van der Waals surface area contributed by atoms with Crippen LogP contribution in [-0.2, 0) is 4.79 Å². The Morgan fingerprint density at radius 2 is 1.78 bits per heavy atom. The summed E-state index contributed by atoms with van der Waals surface area (Å²) < 4.78 is 5.31. The third kappa shape index (κ3) is 3.43. The zero-order chi connectivity index (χ0) is 18.8. The monoisotopic (exact) mass is 367 g/mol. The lowest BCUT2D eigenvalue weighted by molar-refractivity contribution is -0.118. The molecule has 1 saturated heterocycles. The van der Waals surface area contributed by atoms with Gasteiger partial charge in [-0.3, -0.25) is 19.4 Å². The molecule has 3 heterocycles. The minimum Gasteiger partial charge on any atom is -0.482 e. The summed E-state index contributed by atoms with van der Waals surface area (Å²) in [6.45, 7) is 1.66. The summed E-state index contributed by atoms with van der Waals surface area (Å²) in [5.74, 6) is -0.0400. The second-order valence-electron chi connectivity index (χ2n) is 6.22. The van der Waals surface area contributed by atoms with Crippen LogP contribution in [0.25, 0.3) is 0 Å². The van der Waals surface area contributed by atoms with Crippen LogP contribution in [0, 0.1) is 0 Å². The number of hydrogen-bond acceptors (Lipinski definition) is 6. The van der Waals surface area contributed by atoms with Crippen molar-refractivity contribution in [2.45, 2.75) is 0 Å². The van der Waals surface area contributed by atoms with Crippen LogP contribution in [0.4, 0.5) is 5.69 Å². The molecule has 0 saturated carbocycles. The fourth-order valence-corrected chi connectivity index (χ4v) is 3.08. The normalized spacial score (nSPS) is 16.2. The maximum Gasteiger partial charge on any atom is 0.274 e. The molecule has 0 aliphatic carbocycles. The number of benzene rings is 1. The minimum atomic E-state index is -0.247. The first-order valence-electron chi connectivity index (χ1n) is 8.53. The van der Waals surface area contributed by atoms with Crippen LogP contribution in [0.15, 0.2) is 36.8 Å². The van der Waals surface area contributed by atoms with Crippen LogP contribution in [-0.4, -0.2) is 70.3 Å². The second kappa shape index (κ2) is 7.02. The van der Waals surface area contributed by atoms with E-state index in [9.17, 15) is 14.4 Å². The summed E-state index contributed by atoms with van der Waals surface area (Å²) >= 11 is 0. The van der Waals surface area contributed by atoms with Crippen LogP contribution in [0.2, 0.25) is 0 Å². The van der Waals surface area contributed by atoms with E-state index in [4.69, 9.17) is 4.74 Å². The number of nitrogens with zero attached hydrogens (tertiary/aromatic N) is 4. The highest BCUT2D eigenvalue weighted by molar-refractivity contribution is 6.00. The number of fused-ring (bicyclic) bond motifs is 1. The summed E-state index contributed by atoms with van der Waals surface area (Å²) in [6.07, 6.45) is 4.42. The molecule has 1 aromatic heterocycles. The highest BCUT2D eigenvalue weighted by Crippen LogP contribution is 2.29. The first-order valence-corrected chi connectivity index (χ1v) is 8.53. The Bertz CT molecular complexity index is 894. The Morgan fingerprint density at radius 1 is 1.04 bits per heavy atom. The van der Waals surface area contributed by atoms with Crippen LogP contribution in [0.3, 0.4) is 0 Å². The molecule has 0 unspecified atom stereocenters. The molecule has 3 amide bonds. The standard InChI is InChI=1S/C18H17N5O4/c24-16-11-27-15-2-1-12(9-13(15)21-16)17(25)22-5-7-23(8-6-22)18(26)14-10-19-3-4-20-14/h1-4,9-10H,5-8,11H2,(H,21,24). The molecule has 0 bridgehead atoms. The van der Waals surface area contributed by atoms with Crippen molar-refractivity contribution in [1.29, 1.82) is 0 Å². The number of ether oxygens (including phenoxy) is 1. The Morgan fingerprint density at radius 3 is 2.48 bits per heavy atom. The molecule has 0 atom stereocenters. The predicted molar refractivity (Wildman–Crippen MR) is 94.4 cm³/mol. The summed E-state index contributed by atoms with van der Waals surface area (Å²) in [6, 6.07) is 4.97. The second-order valence-corrected chi connectivity index (χ2v) is 6.22. The van der Waals surface area contributed by atoms with Crippen molar-refractivity contribution in [3.05, 3.63) is 48.0 Å². The Labute approximate surface area is 155 Å². The summed E-state index contributed by atoms with van der Waals surface area (Å²) in [4.78, 5) is 47.9. The third-order valence-electron chi connectivity index (χ3n) is 4.50. The lowest BCUT2D eigenvalue weighted by Crippen LogP contribution is -2.50. The van der Waals surface area contributed by atoms with Gasteiger partial charge in [-0.2, -0.15) is 0 Å². The van der Waals surface area contributed by atoms with E-state index in [0.717, 1.165) is 0 Å². The zero-order valence-electron chi connectivity index (χ0n) is 14.4.